The highest BCUT2D eigenvalue weighted by Gasteiger charge is 2.21. The summed E-state index contributed by atoms with van der Waals surface area (Å²) >= 11 is 0. The Morgan fingerprint density at radius 1 is 1.56 bits per heavy atom. The average Bonchev–Trinajstić information content (AvgIpc) is 2.75. The van der Waals surface area contributed by atoms with Crippen LogP contribution in [0, 0.1) is 5.92 Å². The van der Waals surface area contributed by atoms with Gasteiger partial charge in [-0.25, -0.2) is 4.79 Å². The van der Waals surface area contributed by atoms with Crippen LogP contribution < -0.4 is 4.90 Å². The molecule has 1 unspecified atom stereocenters. The first-order chi connectivity index (χ1) is 8.56. The van der Waals surface area contributed by atoms with Crippen molar-refractivity contribution in [2.24, 2.45) is 5.92 Å². The number of hydrogen-bond donors (Lipinski definition) is 1. The maximum atomic E-state index is 10.7. The Morgan fingerprint density at radius 3 is 2.83 bits per heavy atom. The fourth-order valence-electron chi connectivity index (χ4n) is 2.30. The summed E-state index contributed by atoms with van der Waals surface area (Å²) in [6.07, 6.45) is 1.20. The van der Waals surface area contributed by atoms with Crippen molar-refractivity contribution in [2.75, 3.05) is 38.6 Å². The van der Waals surface area contributed by atoms with Crippen molar-refractivity contribution in [3.8, 4) is 0 Å². The number of carboxylic acid groups (broad SMARTS) is 1. The summed E-state index contributed by atoms with van der Waals surface area (Å²) < 4.78 is 0. The Morgan fingerprint density at radius 2 is 2.33 bits per heavy atom. The van der Waals surface area contributed by atoms with Gasteiger partial charge in [-0.05, 0) is 38.1 Å². The zero-order valence-corrected chi connectivity index (χ0v) is 10.7. The van der Waals surface area contributed by atoms with Crippen molar-refractivity contribution in [1.29, 1.82) is 0 Å². The summed E-state index contributed by atoms with van der Waals surface area (Å²) in [5.41, 5.74) is -0.0206. The zero-order chi connectivity index (χ0) is 13.1. The first-order valence-corrected chi connectivity index (χ1v) is 6.03. The van der Waals surface area contributed by atoms with Crippen molar-refractivity contribution in [3.63, 3.8) is 0 Å². The Labute approximate surface area is 106 Å². The standard InChI is InChI=1S/C12H18N4O2/c1-15-6-5-9(7-15)8-16(2)11-4-3-10(12(17)18)13-14-11/h3-4,9H,5-8H2,1-2H3,(H,17,18). The second-order valence-corrected chi connectivity index (χ2v) is 4.88. The third kappa shape index (κ3) is 2.95. The van der Waals surface area contributed by atoms with Crippen LogP contribution in [0.25, 0.3) is 0 Å². The number of nitrogens with zero attached hydrogens (tertiary/aromatic N) is 4. The van der Waals surface area contributed by atoms with E-state index in [4.69, 9.17) is 5.11 Å². The molecule has 18 heavy (non-hydrogen) atoms. The molecule has 2 heterocycles. The van der Waals surface area contributed by atoms with Gasteiger partial charge in [-0.3, -0.25) is 0 Å². The van der Waals surface area contributed by atoms with Crippen LogP contribution in [-0.4, -0.2) is 59.9 Å². The van der Waals surface area contributed by atoms with Gasteiger partial charge in [0.25, 0.3) is 0 Å². The summed E-state index contributed by atoms with van der Waals surface area (Å²) in [5, 5.41) is 16.4. The van der Waals surface area contributed by atoms with Gasteiger partial charge in [-0.15, -0.1) is 10.2 Å². The highest BCUT2D eigenvalue weighted by atomic mass is 16.4. The summed E-state index contributed by atoms with van der Waals surface area (Å²) in [7, 11) is 4.09. The third-order valence-corrected chi connectivity index (χ3v) is 3.28. The monoisotopic (exact) mass is 250 g/mol. The van der Waals surface area contributed by atoms with Crippen LogP contribution in [0.1, 0.15) is 16.9 Å². The lowest BCUT2D eigenvalue weighted by molar-refractivity contribution is 0.0689. The Kier molecular flexibility index (Phi) is 3.76. The molecule has 2 rings (SSSR count). The molecular weight excluding hydrogens is 232 g/mol. The number of aromatic carboxylic acids is 1. The number of hydrogen-bond acceptors (Lipinski definition) is 5. The molecule has 1 aromatic heterocycles. The number of carbonyl (C=O) groups is 1. The summed E-state index contributed by atoms with van der Waals surface area (Å²) in [5.74, 6) is 0.310. The lowest BCUT2D eigenvalue weighted by Gasteiger charge is -2.21. The Hall–Kier alpha value is -1.69. The molecule has 0 aromatic carbocycles. The van der Waals surface area contributed by atoms with Gasteiger partial charge in [0, 0.05) is 20.1 Å². The predicted molar refractivity (Wildman–Crippen MR) is 67.9 cm³/mol. The van der Waals surface area contributed by atoms with E-state index in [0.29, 0.717) is 5.92 Å². The molecule has 0 aliphatic carbocycles. The number of rotatable bonds is 4. The maximum Gasteiger partial charge on any atom is 0.356 e. The SMILES string of the molecule is CN1CCC(CN(C)c2ccc(C(=O)O)nn2)C1. The minimum Gasteiger partial charge on any atom is -0.476 e. The predicted octanol–water partition coefficient (Wildman–Crippen LogP) is 0.563. The summed E-state index contributed by atoms with van der Waals surface area (Å²) in [6.45, 7) is 3.17. The topological polar surface area (TPSA) is 69.6 Å². The first kappa shape index (κ1) is 12.8. The molecule has 0 bridgehead atoms. The van der Waals surface area contributed by atoms with Crippen molar-refractivity contribution in [1.82, 2.24) is 15.1 Å². The van der Waals surface area contributed by atoms with Crippen molar-refractivity contribution >= 4 is 11.8 Å². The first-order valence-electron chi connectivity index (χ1n) is 6.03. The number of likely N-dealkylation sites (tertiary alicyclic amines) is 1. The normalized spacial score (nSPS) is 20.0. The molecule has 1 aliphatic rings. The van der Waals surface area contributed by atoms with Crippen LogP contribution in [-0.2, 0) is 0 Å². The molecule has 98 valence electrons. The highest BCUT2D eigenvalue weighted by molar-refractivity contribution is 5.85. The van der Waals surface area contributed by atoms with Gasteiger partial charge in [0.15, 0.2) is 11.5 Å². The third-order valence-electron chi connectivity index (χ3n) is 3.28. The smallest absolute Gasteiger partial charge is 0.356 e. The van der Waals surface area contributed by atoms with E-state index in [1.807, 2.05) is 11.9 Å². The van der Waals surface area contributed by atoms with E-state index >= 15 is 0 Å². The number of carboxylic acids is 1. The van der Waals surface area contributed by atoms with Gasteiger partial charge in [0.1, 0.15) is 0 Å². The molecule has 1 aliphatic heterocycles. The van der Waals surface area contributed by atoms with Gasteiger partial charge in [-0.1, -0.05) is 0 Å². The van der Waals surface area contributed by atoms with Gasteiger partial charge >= 0.3 is 5.97 Å². The van der Waals surface area contributed by atoms with Gasteiger partial charge in [0.05, 0.1) is 0 Å². The van der Waals surface area contributed by atoms with Crippen LogP contribution in [0.3, 0.4) is 0 Å². The second-order valence-electron chi connectivity index (χ2n) is 4.88. The largest absolute Gasteiger partial charge is 0.476 e. The molecule has 6 nitrogen and oxygen atoms in total. The molecule has 6 heteroatoms. The summed E-state index contributed by atoms with van der Waals surface area (Å²) in [4.78, 5) is 15.0. The van der Waals surface area contributed by atoms with Crippen LogP contribution in [0.4, 0.5) is 5.82 Å². The van der Waals surface area contributed by atoms with Gasteiger partial charge in [0.2, 0.25) is 0 Å². The van der Waals surface area contributed by atoms with E-state index in [2.05, 4.69) is 22.1 Å². The van der Waals surface area contributed by atoms with E-state index in [-0.39, 0.29) is 5.69 Å². The molecule has 1 fully saturated rings. The zero-order valence-electron chi connectivity index (χ0n) is 10.7. The van der Waals surface area contributed by atoms with Crippen LogP contribution in [0.2, 0.25) is 0 Å². The van der Waals surface area contributed by atoms with Crippen molar-refractivity contribution in [3.05, 3.63) is 17.8 Å². The Balaban J connectivity index is 1.96. The fourth-order valence-corrected chi connectivity index (χ4v) is 2.30. The molecular formula is C12H18N4O2. The molecule has 0 radical (unpaired) electrons. The molecule has 0 saturated carbocycles. The van der Waals surface area contributed by atoms with E-state index in [1.54, 1.807) is 6.07 Å². The molecule has 1 N–H and O–H groups in total. The fraction of sp³-hybridized carbons (Fsp3) is 0.583. The van der Waals surface area contributed by atoms with E-state index in [1.165, 1.54) is 12.5 Å². The van der Waals surface area contributed by atoms with Gasteiger partial charge < -0.3 is 14.9 Å². The molecule has 1 saturated heterocycles. The average molecular weight is 250 g/mol. The van der Waals surface area contributed by atoms with Crippen LogP contribution >= 0.6 is 0 Å². The minimum absolute atomic E-state index is 0.0206. The highest BCUT2D eigenvalue weighted by Crippen LogP contribution is 2.17. The Bertz CT molecular complexity index is 421. The van der Waals surface area contributed by atoms with Crippen molar-refractivity contribution < 1.29 is 9.90 Å². The molecule has 0 amide bonds. The quantitative estimate of drug-likeness (QED) is 0.842. The molecule has 1 atom stereocenters. The summed E-state index contributed by atoms with van der Waals surface area (Å²) in [6, 6.07) is 3.19. The lowest BCUT2D eigenvalue weighted by Crippen LogP contribution is -2.28. The van der Waals surface area contributed by atoms with E-state index in [0.717, 1.165) is 25.5 Å². The maximum absolute atomic E-state index is 10.7. The van der Waals surface area contributed by atoms with Crippen molar-refractivity contribution in [2.45, 2.75) is 6.42 Å². The second kappa shape index (κ2) is 5.30. The van der Waals surface area contributed by atoms with Crippen LogP contribution in [0.5, 0.6) is 0 Å². The van der Waals surface area contributed by atoms with E-state index < -0.39 is 5.97 Å². The number of aromatic nitrogens is 2. The number of anilines is 1. The van der Waals surface area contributed by atoms with E-state index in [9.17, 15) is 4.79 Å². The lowest BCUT2D eigenvalue weighted by atomic mass is 10.1. The van der Waals surface area contributed by atoms with Crippen LogP contribution in [0.15, 0.2) is 12.1 Å². The van der Waals surface area contributed by atoms with Gasteiger partial charge in [-0.2, -0.15) is 0 Å². The minimum atomic E-state index is -1.05. The molecule has 1 aromatic rings. The molecule has 0 spiro atoms.